The van der Waals surface area contributed by atoms with Crippen LogP contribution in [0.1, 0.15) is 0 Å². The van der Waals surface area contributed by atoms with Crippen molar-refractivity contribution in [3.63, 3.8) is 0 Å². The zero-order valence-corrected chi connectivity index (χ0v) is 7.76. The number of hydrogen-bond acceptors (Lipinski definition) is 4. The number of rotatable bonds is 1. The Morgan fingerprint density at radius 1 is 1.00 bits per heavy atom. The van der Waals surface area contributed by atoms with Crippen LogP contribution >= 0.6 is 12.2 Å². The maximum atomic E-state index is 11.2. The molecular weight excluding hydrogens is 208 g/mol. The quantitative estimate of drug-likeness (QED) is 0.396. The topological polar surface area (TPSA) is 81.8 Å². The molecule has 8 heteroatoms. The van der Waals surface area contributed by atoms with E-state index in [1.54, 1.807) is 0 Å². The Kier molecular flexibility index (Phi) is 1.84. The van der Waals surface area contributed by atoms with Crippen molar-refractivity contribution in [2.45, 2.75) is 0 Å². The average molecular weight is 214 g/mol. The molecule has 2 aliphatic rings. The highest BCUT2D eigenvalue weighted by molar-refractivity contribution is 7.80. The van der Waals surface area contributed by atoms with Gasteiger partial charge in [0.1, 0.15) is 13.1 Å². The largest absolute Gasteiger partial charge is 0.343 e. The molecule has 0 bridgehead atoms. The number of amides is 4. The van der Waals surface area contributed by atoms with E-state index < -0.39 is 11.9 Å². The highest BCUT2D eigenvalue weighted by atomic mass is 32.1. The second-order valence-electron chi connectivity index (χ2n) is 2.82. The lowest BCUT2D eigenvalue weighted by molar-refractivity contribution is -0.121. The first-order valence-corrected chi connectivity index (χ1v) is 4.21. The molecule has 2 N–H and O–H groups in total. The van der Waals surface area contributed by atoms with Gasteiger partial charge in [0.2, 0.25) is 11.8 Å². The van der Waals surface area contributed by atoms with Gasteiger partial charge >= 0.3 is 6.03 Å². The Bertz CT molecular complexity index is 321. The third-order valence-electron chi connectivity index (χ3n) is 1.84. The summed E-state index contributed by atoms with van der Waals surface area (Å²) in [4.78, 5) is 33.0. The highest BCUT2D eigenvalue weighted by Crippen LogP contribution is 2.08. The molecule has 0 aromatic carbocycles. The molecule has 2 aliphatic heterocycles. The molecule has 74 valence electrons. The number of carbonyl (C=O) groups is 3. The van der Waals surface area contributed by atoms with Crippen LogP contribution in [0.2, 0.25) is 0 Å². The summed E-state index contributed by atoms with van der Waals surface area (Å²) in [6.07, 6.45) is 0. The van der Waals surface area contributed by atoms with E-state index in [9.17, 15) is 14.4 Å². The summed E-state index contributed by atoms with van der Waals surface area (Å²) in [6, 6.07) is -0.561. The normalized spacial score (nSPS) is 21.7. The summed E-state index contributed by atoms with van der Waals surface area (Å²) >= 11 is 4.81. The van der Waals surface area contributed by atoms with E-state index >= 15 is 0 Å². The Hall–Kier alpha value is -1.70. The molecule has 0 atom stereocenters. The van der Waals surface area contributed by atoms with Crippen molar-refractivity contribution in [3.8, 4) is 0 Å². The molecule has 0 spiro atoms. The smallest absolute Gasteiger partial charge is 0.300 e. The number of urea groups is 1. The summed E-state index contributed by atoms with van der Waals surface area (Å²) in [5.74, 6) is -0.695. The summed E-state index contributed by atoms with van der Waals surface area (Å²) in [7, 11) is 0. The zero-order valence-electron chi connectivity index (χ0n) is 6.94. The molecular formula is C6H6N4O3S. The van der Waals surface area contributed by atoms with Gasteiger partial charge in [-0.25, -0.2) is 14.8 Å². The molecule has 0 unspecified atom stereocenters. The maximum absolute atomic E-state index is 11.2. The van der Waals surface area contributed by atoms with Crippen LogP contribution in [0.25, 0.3) is 0 Å². The first-order chi connectivity index (χ1) is 6.58. The number of thiocarbonyl (C=S) groups is 1. The van der Waals surface area contributed by atoms with Gasteiger partial charge in [-0.15, -0.1) is 0 Å². The summed E-state index contributed by atoms with van der Waals surface area (Å²) < 4.78 is 0. The molecule has 0 aromatic heterocycles. The maximum Gasteiger partial charge on any atom is 0.343 e. The van der Waals surface area contributed by atoms with Crippen molar-refractivity contribution in [2.75, 3.05) is 13.1 Å². The predicted molar refractivity (Wildman–Crippen MR) is 47.7 cm³/mol. The monoisotopic (exact) mass is 214 g/mol. The lowest BCUT2D eigenvalue weighted by atomic mass is 10.6. The van der Waals surface area contributed by atoms with E-state index in [0.717, 1.165) is 5.01 Å². The fourth-order valence-electron chi connectivity index (χ4n) is 1.25. The van der Waals surface area contributed by atoms with Gasteiger partial charge in [-0.3, -0.25) is 20.2 Å². The molecule has 0 saturated carbocycles. The molecule has 0 radical (unpaired) electrons. The van der Waals surface area contributed by atoms with Gasteiger partial charge in [0.25, 0.3) is 0 Å². The fourth-order valence-corrected chi connectivity index (χ4v) is 1.53. The fraction of sp³-hybridized carbons (Fsp3) is 0.333. The lowest BCUT2D eigenvalue weighted by Gasteiger charge is -2.24. The summed E-state index contributed by atoms with van der Waals surface area (Å²) in [5, 5.41) is 6.95. The standard InChI is InChI=1S/C6H6N4O3S/c11-3-1-9(5(13)7-3)10-2-4(12)8-6(10)14/h1-2H2,(H,7,11,13)(H,8,12,14). The zero-order chi connectivity index (χ0) is 10.3. The second-order valence-corrected chi connectivity index (χ2v) is 3.21. The Labute approximate surface area is 84.0 Å². The third kappa shape index (κ3) is 1.29. The van der Waals surface area contributed by atoms with E-state index in [2.05, 4.69) is 10.6 Å². The van der Waals surface area contributed by atoms with Crippen molar-refractivity contribution >= 4 is 35.2 Å². The molecule has 2 rings (SSSR count). The first-order valence-electron chi connectivity index (χ1n) is 3.80. The van der Waals surface area contributed by atoms with Crippen LogP contribution < -0.4 is 10.6 Å². The van der Waals surface area contributed by atoms with Gasteiger partial charge < -0.3 is 0 Å². The SMILES string of the molecule is O=C1CN(N2CC(=O)NC2=S)C(=O)N1. The highest BCUT2D eigenvalue weighted by Gasteiger charge is 2.37. The van der Waals surface area contributed by atoms with Gasteiger partial charge in [0.15, 0.2) is 5.11 Å². The molecule has 2 saturated heterocycles. The van der Waals surface area contributed by atoms with Crippen molar-refractivity contribution in [2.24, 2.45) is 0 Å². The van der Waals surface area contributed by atoms with E-state index in [4.69, 9.17) is 12.2 Å². The van der Waals surface area contributed by atoms with Crippen LogP contribution in [0.15, 0.2) is 0 Å². The minimum atomic E-state index is -0.561. The van der Waals surface area contributed by atoms with Crippen LogP contribution in [0.3, 0.4) is 0 Å². The molecule has 4 amide bonds. The van der Waals surface area contributed by atoms with E-state index in [1.807, 2.05) is 0 Å². The number of hydrogen-bond donors (Lipinski definition) is 2. The minimum absolute atomic E-state index is 0.0282. The van der Waals surface area contributed by atoms with Crippen LogP contribution in [0.4, 0.5) is 4.79 Å². The van der Waals surface area contributed by atoms with Crippen molar-refractivity contribution in [1.29, 1.82) is 0 Å². The first kappa shape index (κ1) is 8.88. The molecule has 7 nitrogen and oxygen atoms in total. The molecule has 0 aromatic rings. The van der Waals surface area contributed by atoms with E-state index in [-0.39, 0.29) is 24.1 Å². The number of hydrazine groups is 1. The van der Waals surface area contributed by atoms with E-state index in [0.29, 0.717) is 0 Å². The van der Waals surface area contributed by atoms with Crippen molar-refractivity contribution in [3.05, 3.63) is 0 Å². The Morgan fingerprint density at radius 3 is 2.00 bits per heavy atom. The summed E-state index contributed by atoms with van der Waals surface area (Å²) in [5.41, 5.74) is 0. The van der Waals surface area contributed by atoms with Crippen LogP contribution in [-0.2, 0) is 9.59 Å². The Morgan fingerprint density at radius 2 is 1.57 bits per heavy atom. The van der Waals surface area contributed by atoms with Crippen molar-refractivity contribution in [1.82, 2.24) is 20.7 Å². The molecule has 2 fully saturated rings. The predicted octanol–water partition coefficient (Wildman–Crippen LogP) is -1.83. The Balaban J connectivity index is 2.16. The van der Waals surface area contributed by atoms with Gasteiger partial charge in [-0.05, 0) is 12.2 Å². The number of nitrogens with zero attached hydrogens (tertiary/aromatic N) is 2. The number of imide groups is 1. The van der Waals surface area contributed by atoms with Gasteiger partial charge in [-0.2, -0.15) is 0 Å². The average Bonchev–Trinajstić information content (AvgIpc) is 2.55. The van der Waals surface area contributed by atoms with Gasteiger partial charge in [-0.1, -0.05) is 0 Å². The van der Waals surface area contributed by atoms with Crippen molar-refractivity contribution < 1.29 is 14.4 Å². The lowest BCUT2D eigenvalue weighted by Crippen LogP contribution is -2.46. The molecule has 0 aliphatic carbocycles. The van der Waals surface area contributed by atoms with Gasteiger partial charge in [0.05, 0.1) is 0 Å². The van der Waals surface area contributed by atoms with E-state index in [1.165, 1.54) is 5.01 Å². The minimum Gasteiger partial charge on any atom is -0.300 e. The third-order valence-corrected chi connectivity index (χ3v) is 2.15. The molecule has 14 heavy (non-hydrogen) atoms. The molecule has 2 heterocycles. The number of carbonyl (C=O) groups excluding carboxylic acids is 3. The van der Waals surface area contributed by atoms with Crippen LogP contribution in [0.5, 0.6) is 0 Å². The summed E-state index contributed by atoms with van der Waals surface area (Å²) in [6.45, 7) is -0.131. The van der Waals surface area contributed by atoms with Crippen LogP contribution in [0, 0.1) is 0 Å². The van der Waals surface area contributed by atoms with Crippen LogP contribution in [-0.4, -0.2) is 46.1 Å². The second kappa shape index (κ2) is 2.91. The number of nitrogens with one attached hydrogen (secondary N) is 2. The van der Waals surface area contributed by atoms with Gasteiger partial charge in [0, 0.05) is 0 Å².